The van der Waals surface area contributed by atoms with Crippen LogP contribution in [0.2, 0.25) is 0 Å². The van der Waals surface area contributed by atoms with Crippen molar-refractivity contribution in [2.45, 2.75) is 33.2 Å². The normalized spacial score (nSPS) is 11.3. The molecule has 0 aliphatic rings. The van der Waals surface area contributed by atoms with Gasteiger partial charge in [0.2, 0.25) is 0 Å². The summed E-state index contributed by atoms with van der Waals surface area (Å²) in [6, 6.07) is 7.62. The topological polar surface area (TPSA) is 97.1 Å². The number of aromatic nitrogens is 3. The number of amides is 1. The summed E-state index contributed by atoms with van der Waals surface area (Å²) >= 11 is 0. The fourth-order valence-electron chi connectivity index (χ4n) is 1.87. The van der Waals surface area contributed by atoms with E-state index < -0.39 is 17.4 Å². The minimum Gasteiger partial charge on any atom is -0.480 e. The van der Waals surface area contributed by atoms with E-state index in [0.717, 1.165) is 11.3 Å². The predicted molar refractivity (Wildman–Crippen MR) is 80.0 cm³/mol. The van der Waals surface area contributed by atoms with Crippen molar-refractivity contribution < 1.29 is 14.7 Å². The second kappa shape index (κ2) is 5.59. The first kappa shape index (κ1) is 15.7. The lowest BCUT2D eigenvalue weighted by Crippen LogP contribution is -2.49. The van der Waals surface area contributed by atoms with E-state index in [0.29, 0.717) is 5.69 Å². The second-order valence-corrected chi connectivity index (χ2v) is 5.66. The minimum atomic E-state index is -1.38. The highest BCUT2D eigenvalue weighted by molar-refractivity contribution is 5.96. The fraction of sp³-hybridized carbons (Fsp3) is 0.333. The van der Waals surface area contributed by atoms with Gasteiger partial charge in [-0.1, -0.05) is 22.9 Å². The third kappa shape index (κ3) is 2.98. The van der Waals surface area contributed by atoms with Crippen LogP contribution < -0.4 is 5.32 Å². The fourth-order valence-corrected chi connectivity index (χ4v) is 1.87. The van der Waals surface area contributed by atoms with E-state index in [1.165, 1.54) is 13.8 Å². The van der Waals surface area contributed by atoms with Crippen LogP contribution in [0.4, 0.5) is 0 Å². The summed E-state index contributed by atoms with van der Waals surface area (Å²) in [5.41, 5.74) is 1.17. The Bertz CT molecular complexity index is 717. The molecule has 0 radical (unpaired) electrons. The maximum Gasteiger partial charge on any atom is 0.328 e. The zero-order valence-corrected chi connectivity index (χ0v) is 12.9. The molecule has 0 saturated carbocycles. The number of carbonyl (C=O) groups excluding carboxylic acids is 1. The highest BCUT2D eigenvalue weighted by Gasteiger charge is 2.31. The first-order chi connectivity index (χ1) is 10.2. The predicted octanol–water partition coefficient (Wildman–Crippen LogP) is 1.48. The van der Waals surface area contributed by atoms with Gasteiger partial charge in [0.05, 0.1) is 11.4 Å². The molecule has 1 aromatic carbocycles. The SMILES string of the molecule is Cc1ccc(-n2nnc(C(=O)NC(C)(C)C(=O)O)c2C)cc1. The van der Waals surface area contributed by atoms with Gasteiger partial charge in [-0.3, -0.25) is 4.79 Å². The zero-order valence-electron chi connectivity index (χ0n) is 12.9. The number of aliphatic carboxylic acids is 1. The molecular formula is C15H18N4O3. The molecule has 1 heterocycles. The van der Waals surface area contributed by atoms with Crippen molar-refractivity contribution in [1.29, 1.82) is 0 Å². The lowest BCUT2D eigenvalue weighted by molar-refractivity contribution is -0.143. The van der Waals surface area contributed by atoms with Gasteiger partial charge in [0.25, 0.3) is 5.91 Å². The van der Waals surface area contributed by atoms with Crippen LogP contribution in [-0.4, -0.2) is 37.5 Å². The van der Waals surface area contributed by atoms with E-state index >= 15 is 0 Å². The van der Waals surface area contributed by atoms with Gasteiger partial charge in [-0.25, -0.2) is 9.48 Å². The zero-order chi connectivity index (χ0) is 16.5. The quantitative estimate of drug-likeness (QED) is 0.891. The van der Waals surface area contributed by atoms with Crippen LogP contribution >= 0.6 is 0 Å². The number of nitrogens with one attached hydrogen (secondary N) is 1. The average Bonchev–Trinajstić information content (AvgIpc) is 2.81. The van der Waals surface area contributed by atoms with Crippen molar-refractivity contribution in [1.82, 2.24) is 20.3 Å². The molecule has 0 fully saturated rings. The van der Waals surface area contributed by atoms with Crippen molar-refractivity contribution in [3.05, 3.63) is 41.2 Å². The molecule has 0 aliphatic heterocycles. The van der Waals surface area contributed by atoms with Gasteiger partial charge in [-0.15, -0.1) is 5.10 Å². The maximum absolute atomic E-state index is 12.2. The van der Waals surface area contributed by atoms with Crippen LogP contribution in [-0.2, 0) is 4.79 Å². The lowest BCUT2D eigenvalue weighted by Gasteiger charge is -2.20. The van der Waals surface area contributed by atoms with Crippen LogP contribution in [0.1, 0.15) is 35.6 Å². The number of hydrogen-bond donors (Lipinski definition) is 2. The van der Waals surface area contributed by atoms with Crippen LogP contribution in [0.15, 0.2) is 24.3 Å². The standard InChI is InChI=1S/C15H18N4O3/c1-9-5-7-11(8-6-9)19-10(2)12(17-18-19)13(20)16-15(3,4)14(21)22/h5-8H,1-4H3,(H,16,20)(H,21,22). The molecule has 0 unspecified atom stereocenters. The van der Waals surface area contributed by atoms with Crippen LogP contribution in [0, 0.1) is 13.8 Å². The minimum absolute atomic E-state index is 0.106. The van der Waals surface area contributed by atoms with E-state index in [-0.39, 0.29) is 5.69 Å². The van der Waals surface area contributed by atoms with Crippen molar-refractivity contribution in [2.75, 3.05) is 0 Å². The maximum atomic E-state index is 12.2. The molecule has 0 bridgehead atoms. The highest BCUT2D eigenvalue weighted by atomic mass is 16.4. The van der Waals surface area contributed by atoms with Crippen molar-refractivity contribution in [3.63, 3.8) is 0 Å². The Morgan fingerprint density at radius 2 is 1.77 bits per heavy atom. The summed E-state index contributed by atoms with van der Waals surface area (Å²) in [6.45, 7) is 6.51. The number of carbonyl (C=O) groups is 2. The van der Waals surface area contributed by atoms with Gasteiger partial charge in [0, 0.05) is 0 Å². The third-order valence-corrected chi connectivity index (χ3v) is 3.35. The van der Waals surface area contributed by atoms with Crippen LogP contribution in [0.5, 0.6) is 0 Å². The number of carboxylic acids is 1. The van der Waals surface area contributed by atoms with E-state index in [4.69, 9.17) is 5.11 Å². The summed E-state index contributed by atoms with van der Waals surface area (Å²) in [5.74, 6) is -1.69. The Kier molecular flexibility index (Phi) is 3.99. The molecule has 116 valence electrons. The van der Waals surface area contributed by atoms with Crippen molar-refractivity contribution >= 4 is 11.9 Å². The number of aryl methyl sites for hydroxylation is 1. The Morgan fingerprint density at radius 3 is 2.32 bits per heavy atom. The Hall–Kier alpha value is -2.70. The smallest absolute Gasteiger partial charge is 0.328 e. The largest absolute Gasteiger partial charge is 0.480 e. The Labute approximate surface area is 128 Å². The highest BCUT2D eigenvalue weighted by Crippen LogP contribution is 2.14. The molecule has 2 aromatic rings. The molecule has 1 aromatic heterocycles. The summed E-state index contributed by atoms with van der Waals surface area (Å²) in [6.07, 6.45) is 0. The summed E-state index contributed by atoms with van der Waals surface area (Å²) in [5, 5.41) is 19.3. The number of rotatable bonds is 4. The van der Waals surface area contributed by atoms with Gasteiger partial charge >= 0.3 is 5.97 Å². The first-order valence-corrected chi connectivity index (χ1v) is 6.77. The number of benzene rings is 1. The molecule has 0 saturated heterocycles. The van der Waals surface area contributed by atoms with Crippen LogP contribution in [0.25, 0.3) is 5.69 Å². The van der Waals surface area contributed by atoms with Gasteiger partial charge in [-0.2, -0.15) is 0 Å². The monoisotopic (exact) mass is 302 g/mol. The van der Waals surface area contributed by atoms with E-state index in [1.807, 2.05) is 31.2 Å². The van der Waals surface area contributed by atoms with Gasteiger partial charge in [-0.05, 0) is 39.8 Å². The lowest BCUT2D eigenvalue weighted by atomic mass is 10.1. The van der Waals surface area contributed by atoms with Gasteiger partial charge < -0.3 is 10.4 Å². The van der Waals surface area contributed by atoms with E-state index in [1.54, 1.807) is 11.6 Å². The molecular weight excluding hydrogens is 284 g/mol. The number of nitrogens with zero attached hydrogens (tertiary/aromatic N) is 3. The summed E-state index contributed by atoms with van der Waals surface area (Å²) < 4.78 is 1.54. The molecule has 0 spiro atoms. The van der Waals surface area contributed by atoms with Crippen molar-refractivity contribution in [2.24, 2.45) is 0 Å². The van der Waals surface area contributed by atoms with Gasteiger partial charge in [0.1, 0.15) is 5.54 Å². The summed E-state index contributed by atoms with van der Waals surface area (Å²) in [4.78, 5) is 23.3. The molecule has 7 nitrogen and oxygen atoms in total. The molecule has 7 heteroatoms. The molecule has 0 aliphatic carbocycles. The summed E-state index contributed by atoms with van der Waals surface area (Å²) in [7, 11) is 0. The Balaban J connectivity index is 2.30. The Morgan fingerprint density at radius 1 is 1.18 bits per heavy atom. The second-order valence-electron chi connectivity index (χ2n) is 5.66. The number of hydrogen-bond acceptors (Lipinski definition) is 4. The molecule has 1 amide bonds. The van der Waals surface area contributed by atoms with E-state index in [2.05, 4.69) is 15.6 Å². The van der Waals surface area contributed by atoms with Crippen LogP contribution in [0.3, 0.4) is 0 Å². The average molecular weight is 302 g/mol. The van der Waals surface area contributed by atoms with Crippen molar-refractivity contribution in [3.8, 4) is 5.69 Å². The van der Waals surface area contributed by atoms with Gasteiger partial charge in [0.15, 0.2) is 5.69 Å². The third-order valence-electron chi connectivity index (χ3n) is 3.35. The first-order valence-electron chi connectivity index (χ1n) is 6.77. The molecule has 0 atom stereocenters. The molecule has 2 rings (SSSR count). The number of carboxylic acid groups (broad SMARTS) is 1. The molecule has 22 heavy (non-hydrogen) atoms. The molecule has 2 N–H and O–H groups in total. The van der Waals surface area contributed by atoms with E-state index in [9.17, 15) is 9.59 Å².